The van der Waals surface area contributed by atoms with Gasteiger partial charge in [0.2, 0.25) is 0 Å². The van der Waals surface area contributed by atoms with Crippen LogP contribution in [0.3, 0.4) is 0 Å². The Balaban J connectivity index is 0.00000178. The topological polar surface area (TPSA) is 74.6 Å². The summed E-state index contributed by atoms with van der Waals surface area (Å²) in [6.45, 7) is 4.18. The van der Waals surface area contributed by atoms with Gasteiger partial charge in [0.25, 0.3) is 10.1 Å². The second-order valence-electron chi connectivity index (χ2n) is 6.37. The van der Waals surface area contributed by atoms with Crippen molar-refractivity contribution in [2.24, 2.45) is 0 Å². The predicted octanol–water partition coefficient (Wildman–Crippen LogP) is 5.40. The van der Waals surface area contributed by atoms with Crippen molar-refractivity contribution in [1.82, 2.24) is 0 Å². The highest BCUT2D eigenvalue weighted by Gasteiger charge is 2.08. The maximum atomic E-state index is 10.9. The number of unbranched alkanes of at least 4 members (excludes halogenated alkanes) is 9. The molecule has 25 heavy (non-hydrogen) atoms. The lowest BCUT2D eigenvalue weighted by atomic mass is 10.0. The fraction of sp³-hybridized carbons (Fsp3) is 0.700. The molecule has 0 spiro atoms. The van der Waals surface area contributed by atoms with E-state index in [4.69, 9.17) is 9.66 Å². The smallest absolute Gasteiger partial charge is 0.294 e. The molecule has 1 aromatic carbocycles. The second kappa shape index (κ2) is 15.4. The van der Waals surface area contributed by atoms with E-state index in [9.17, 15) is 8.42 Å². The maximum Gasteiger partial charge on any atom is 0.294 e. The zero-order chi connectivity index (χ0) is 19.0. The fourth-order valence-corrected chi connectivity index (χ4v) is 3.12. The van der Waals surface area contributed by atoms with Gasteiger partial charge in [-0.25, -0.2) is 0 Å². The molecular formula is C20H36O4S. The molecule has 0 radical (unpaired) electrons. The first-order chi connectivity index (χ1) is 12.0. The second-order valence-corrected chi connectivity index (χ2v) is 7.79. The largest absolute Gasteiger partial charge is 0.397 e. The van der Waals surface area contributed by atoms with Gasteiger partial charge >= 0.3 is 0 Å². The standard InChI is InChI=1S/C18H30O3S.C2H6O/c1-2-3-4-5-6-7-8-9-10-11-12-17-13-15-18(16-14-17)22(19,20)21;1-2-3/h13-16H,2-12H2,1H3,(H,19,20,21);3H,2H2,1H3. The molecule has 0 amide bonds. The van der Waals surface area contributed by atoms with Crippen LogP contribution in [0.1, 0.15) is 83.6 Å². The van der Waals surface area contributed by atoms with Crippen LogP contribution in [-0.2, 0) is 16.5 Å². The molecule has 0 saturated heterocycles. The average molecular weight is 373 g/mol. The monoisotopic (exact) mass is 372 g/mol. The molecule has 1 rings (SSSR count). The number of hydrogen-bond acceptors (Lipinski definition) is 3. The van der Waals surface area contributed by atoms with E-state index in [1.165, 1.54) is 69.9 Å². The first-order valence-corrected chi connectivity index (χ1v) is 11.1. The van der Waals surface area contributed by atoms with Gasteiger partial charge < -0.3 is 5.11 Å². The molecular weight excluding hydrogens is 336 g/mol. The average Bonchev–Trinajstić information content (AvgIpc) is 2.57. The third-order valence-electron chi connectivity index (χ3n) is 4.04. The van der Waals surface area contributed by atoms with Crippen molar-refractivity contribution in [3.8, 4) is 0 Å². The van der Waals surface area contributed by atoms with E-state index in [1.807, 2.05) is 0 Å². The summed E-state index contributed by atoms with van der Waals surface area (Å²) in [5.74, 6) is 0. The summed E-state index contributed by atoms with van der Waals surface area (Å²) in [6.07, 6.45) is 14.1. The summed E-state index contributed by atoms with van der Waals surface area (Å²) >= 11 is 0. The molecule has 0 aliphatic carbocycles. The Hall–Kier alpha value is -0.910. The van der Waals surface area contributed by atoms with E-state index < -0.39 is 10.1 Å². The molecule has 0 unspecified atom stereocenters. The fourth-order valence-electron chi connectivity index (χ4n) is 2.64. The van der Waals surface area contributed by atoms with Gasteiger partial charge in [0.05, 0.1) is 4.90 Å². The molecule has 0 aliphatic heterocycles. The van der Waals surface area contributed by atoms with Gasteiger partial charge in [-0.05, 0) is 37.5 Å². The number of aryl methyl sites for hydroxylation is 1. The summed E-state index contributed by atoms with van der Waals surface area (Å²) in [5.41, 5.74) is 1.13. The number of aliphatic hydroxyl groups is 1. The van der Waals surface area contributed by atoms with Crippen molar-refractivity contribution in [2.45, 2.75) is 89.4 Å². The molecule has 2 N–H and O–H groups in total. The van der Waals surface area contributed by atoms with Crippen molar-refractivity contribution < 1.29 is 18.1 Å². The van der Waals surface area contributed by atoms with Gasteiger partial charge in [-0.15, -0.1) is 0 Å². The van der Waals surface area contributed by atoms with Crippen LogP contribution in [0.25, 0.3) is 0 Å². The van der Waals surface area contributed by atoms with Crippen LogP contribution in [-0.4, -0.2) is 24.7 Å². The van der Waals surface area contributed by atoms with Crippen LogP contribution in [0.5, 0.6) is 0 Å². The molecule has 0 bridgehead atoms. The van der Waals surface area contributed by atoms with E-state index in [-0.39, 0.29) is 11.5 Å². The van der Waals surface area contributed by atoms with Crippen LogP contribution in [0.4, 0.5) is 0 Å². The molecule has 146 valence electrons. The lowest BCUT2D eigenvalue weighted by molar-refractivity contribution is 0.318. The Bertz CT molecular complexity index is 509. The molecule has 0 fully saturated rings. The molecule has 0 aromatic heterocycles. The lowest BCUT2D eigenvalue weighted by Gasteiger charge is -2.04. The predicted molar refractivity (Wildman–Crippen MR) is 105 cm³/mol. The van der Waals surface area contributed by atoms with Gasteiger partial charge in [0, 0.05) is 6.61 Å². The van der Waals surface area contributed by atoms with E-state index in [0.29, 0.717) is 0 Å². The van der Waals surface area contributed by atoms with Gasteiger partial charge in [-0.1, -0.05) is 76.8 Å². The minimum absolute atomic E-state index is 0.0284. The molecule has 0 heterocycles. The summed E-state index contributed by atoms with van der Waals surface area (Å²) in [6, 6.07) is 6.52. The highest BCUT2D eigenvalue weighted by molar-refractivity contribution is 7.85. The van der Waals surface area contributed by atoms with Gasteiger partial charge in [0.15, 0.2) is 0 Å². The van der Waals surface area contributed by atoms with E-state index in [2.05, 4.69) is 6.92 Å². The van der Waals surface area contributed by atoms with Crippen molar-refractivity contribution in [2.75, 3.05) is 6.61 Å². The minimum Gasteiger partial charge on any atom is -0.397 e. The normalized spacial score (nSPS) is 11.0. The molecule has 4 nitrogen and oxygen atoms in total. The number of aliphatic hydroxyl groups excluding tert-OH is 1. The minimum atomic E-state index is -4.06. The third-order valence-corrected chi connectivity index (χ3v) is 4.91. The molecule has 0 saturated carbocycles. The Labute approximate surface area is 154 Å². The summed E-state index contributed by atoms with van der Waals surface area (Å²) in [5, 5.41) is 7.57. The zero-order valence-corrected chi connectivity index (χ0v) is 16.7. The molecule has 0 atom stereocenters. The molecule has 5 heteroatoms. The van der Waals surface area contributed by atoms with E-state index in [1.54, 1.807) is 19.1 Å². The summed E-state index contributed by atoms with van der Waals surface area (Å²) in [4.78, 5) is -0.0284. The Morgan fingerprint density at radius 3 is 1.56 bits per heavy atom. The van der Waals surface area contributed by atoms with Crippen LogP contribution < -0.4 is 0 Å². The van der Waals surface area contributed by atoms with Crippen LogP contribution in [0, 0.1) is 0 Å². The van der Waals surface area contributed by atoms with E-state index in [0.717, 1.165) is 18.4 Å². The van der Waals surface area contributed by atoms with Crippen molar-refractivity contribution >= 4 is 10.1 Å². The van der Waals surface area contributed by atoms with Gasteiger partial charge in [-0.3, -0.25) is 4.55 Å². The Kier molecular flexibility index (Phi) is 14.8. The highest BCUT2D eigenvalue weighted by Crippen LogP contribution is 2.14. The Morgan fingerprint density at radius 1 is 0.760 bits per heavy atom. The van der Waals surface area contributed by atoms with Crippen molar-refractivity contribution in [1.29, 1.82) is 0 Å². The summed E-state index contributed by atoms with van der Waals surface area (Å²) in [7, 11) is -4.06. The van der Waals surface area contributed by atoms with Crippen LogP contribution in [0.15, 0.2) is 29.2 Å². The Morgan fingerprint density at radius 2 is 1.16 bits per heavy atom. The summed E-state index contributed by atoms with van der Waals surface area (Å²) < 4.78 is 30.8. The molecule has 0 aliphatic rings. The van der Waals surface area contributed by atoms with Crippen molar-refractivity contribution in [3.63, 3.8) is 0 Å². The van der Waals surface area contributed by atoms with Gasteiger partial charge in [-0.2, -0.15) is 8.42 Å². The first kappa shape index (κ1) is 24.1. The van der Waals surface area contributed by atoms with Crippen LogP contribution in [0.2, 0.25) is 0 Å². The van der Waals surface area contributed by atoms with Crippen molar-refractivity contribution in [3.05, 3.63) is 29.8 Å². The van der Waals surface area contributed by atoms with Gasteiger partial charge in [0.1, 0.15) is 0 Å². The quantitative estimate of drug-likeness (QED) is 0.381. The lowest BCUT2D eigenvalue weighted by Crippen LogP contribution is -1.98. The SMILES string of the molecule is CCCCCCCCCCCCc1ccc(S(=O)(=O)O)cc1.CCO. The zero-order valence-electron chi connectivity index (χ0n) is 15.9. The third kappa shape index (κ3) is 14.0. The maximum absolute atomic E-state index is 10.9. The number of rotatable bonds is 12. The first-order valence-electron chi connectivity index (χ1n) is 9.63. The van der Waals surface area contributed by atoms with Crippen LogP contribution >= 0.6 is 0 Å². The molecule has 1 aromatic rings. The van der Waals surface area contributed by atoms with E-state index >= 15 is 0 Å². The number of hydrogen-bond donors (Lipinski definition) is 2. The number of benzene rings is 1. The highest BCUT2D eigenvalue weighted by atomic mass is 32.2.